The van der Waals surface area contributed by atoms with Gasteiger partial charge in [-0.25, -0.2) is 22.2 Å². The van der Waals surface area contributed by atoms with Gasteiger partial charge in [0.15, 0.2) is 11.4 Å². The number of benzene rings is 2. The number of nitrogens with zero attached hydrogens (tertiary/aromatic N) is 3. The van der Waals surface area contributed by atoms with Crippen LogP contribution in [-0.2, 0) is 16.6 Å². The Morgan fingerprint density at radius 1 is 1.05 bits per heavy atom. The summed E-state index contributed by atoms with van der Waals surface area (Å²) in [4.78, 5) is 5.71. The number of aromatic nitrogens is 2. The first-order valence-electron chi connectivity index (χ1n) is 11.4. The van der Waals surface area contributed by atoms with Gasteiger partial charge in [0.05, 0.1) is 33.0 Å². The predicted molar refractivity (Wildman–Crippen MR) is 135 cm³/mol. The monoisotopic (exact) mass is 540 g/mol. The zero-order valence-corrected chi connectivity index (χ0v) is 21.2. The van der Waals surface area contributed by atoms with E-state index in [4.69, 9.17) is 14.0 Å². The van der Waals surface area contributed by atoms with Crippen molar-refractivity contribution in [3.63, 3.8) is 0 Å². The van der Waals surface area contributed by atoms with E-state index in [9.17, 15) is 17.2 Å². The van der Waals surface area contributed by atoms with Crippen molar-refractivity contribution in [2.45, 2.75) is 17.4 Å². The molecule has 1 aliphatic rings. The van der Waals surface area contributed by atoms with E-state index in [0.29, 0.717) is 11.3 Å². The Labute approximate surface area is 217 Å². The van der Waals surface area contributed by atoms with Crippen molar-refractivity contribution >= 4 is 26.8 Å². The number of anilines is 1. The number of pyridine rings is 1. The molecule has 0 aliphatic carbocycles. The highest BCUT2D eigenvalue weighted by Gasteiger charge is 2.43. The largest absolute Gasteiger partial charge is 0.495 e. The minimum atomic E-state index is -4.22. The smallest absolute Gasteiger partial charge is 0.272 e. The Hall–Kier alpha value is -4.21. The van der Waals surface area contributed by atoms with Gasteiger partial charge in [0.25, 0.3) is 15.9 Å². The van der Waals surface area contributed by atoms with E-state index in [2.05, 4.69) is 26.7 Å². The molecule has 1 aliphatic heterocycles. The third kappa shape index (κ3) is 5.25. The molecule has 0 saturated carbocycles. The Morgan fingerprint density at radius 2 is 1.79 bits per heavy atom. The minimum Gasteiger partial charge on any atom is -0.495 e. The fourth-order valence-corrected chi connectivity index (χ4v) is 5.24. The van der Waals surface area contributed by atoms with Crippen LogP contribution in [0.25, 0.3) is 11.0 Å². The molecule has 0 spiro atoms. The molecule has 38 heavy (non-hydrogen) atoms. The van der Waals surface area contributed by atoms with Crippen molar-refractivity contribution < 1.29 is 31.2 Å². The lowest BCUT2D eigenvalue weighted by Gasteiger charge is -2.38. The number of ether oxygens (including phenoxy) is 2. The highest BCUT2D eigenvalue weighted by molar-refractivity contribution is 7.92. The predicted octanol–water partition coefficient (Wildman–Crippen LogP) is 3.89. The molecule has 3 heterocycles. The summed E-state index contributed by atoms with van der Waals surface area (Å²) in [7, 11) is -1.51. The van der Waals surface area contributed by atoms with Crippen LogP contribution in [0.5, 0.6) is 11.6 Å². The van der Waals surface area contributed by atoms with E-state index >= 15 is 0 Å². The van der Waals surface area contributed by atoms with Crippen LogP contribution in [0.1, 0.15) is 16.8 Å². The number of nitrogens with one attached hydrogen (secondary N) is 1. The second-order valence-corrected chi connectivity index (χ2v) is 10.3. The van der Waals surface area contributed by atoms with Gasteiger partial charge in [-0.2, -0.15) is 0 Å². The van der Waals surface area contributed by atoms with E-state index in [-0.39, 0.29) is 52.9 Å². The lowest BCUT2D eigenvalue weighted by Crippen LogP contribution is -2.55. The minimum absolute atomic E-state index is 0.0400. The molecular weight excluding hydrogens is 518 g/mol. The van der Waals surface area contributed by atoms with Crippen molar-refractivity contribution in [1.29, 1.82) is 0 Å². The maximum Gasteiger partial charge on any atom is 0.272 e. The summed E-state index contributed by atoms with van der Waals surface area (Å²) in [6, 6.07) is 15.4. The fraction of sp³-hybridized carbons (Fsp3) is 0.231. The van der Waals surface area contributed by atoms with E-state index in [1.165, 1.54) is 37.3 Å². The summed E-state index contributed by atoms with van der Waals surface area (Å²) in [5, 5.41) is 4.05. The number of halogens is 2. The van der Waals surface area contributed by atoms with Crippen molar-refractivity contribution in [3.05, 3.63) is 71.4 Å². The van der Waals surface area contributed by atoms with Crippen LogP contribution in [0.2, 0.25) is 0 Å². The van der Waals surface area contributed by atoms with Gasteiger partial charge in [0.2, 0.25) is 5.88 Å². The molecule has 2 aromatic carbocycles. The maximum atomic E-state index is 13.4. The van der Waals surface area contributed by atoms with Gasteiger partial charge in [-0.15, -0.1) is 0 Å². The first-order chi connectivity index (χ1) is 18.2. The standard InChI is InChI=1S/C26H22F2N4O5S/c1-35-20-11-10-18(9-8-17-6-4-3-5-7-17)12-22(20)38(33,34)31-24-23-21(37-30-24)13-19(29-25(23)36-2)14-32-15-26(27,28)16-32/h3-7,10-13H,14-16H2,1-2H3,(H,30,31). The van der Waals surface area contributed by atoms with E-state index in [1.807, 2.05) is 30.3 Å². The van der Waals surface area contributed by atoms with E-state index in [0.717, 1.165) is 5.56 Å². The number of hydrogen-bond donors (Lipinski definition) is 1. The third-order valence-electron chi connectivity index (χ3n) is 5.77. The number of rotatable bonds is 7. The third-order valence-corrected chi connectivity index (χ3v) is 7.13. The molecule has 1 saturated heterocycles. The topological polar surface area (TPSA) is 107 Å². The second-order valence-electron chi connectivity index (χ2n) is 8.62. The molecule has 0 unspecified atom stereocenters. The van der Waals surface area contributed by atoms with Crippen molar-refractivity contribution in [1.82, 2.24) is 15.0 Å². The Morgan fingerprint density at radius 3 is 2.47 bits per heavy atom. The fourth-order valence-electron chi connectivity index (χ4n) is 4.04. The van der Waals surface area contributed by atoms with Crippen LogP contribution in [0.15, 0.2) is 64.0 Å². The first-order valence-corrected chi connectivity index (χ1v) is 12.9. The highest BCUT2D eigenvalue weighted by Crippen LogP contribution is 2.35. The van der Waals surface area contributed by atoms with Gasteiger partial charge in [-0.05, 0) is 30.3 Å². The molecule has 0 amide bonds. The van der Waals surface area contributed by atoms with E-state index in [1.54, 1.807) is 6.07 Å². The average Bonchev–Trinajstić information content (AvgIpc) is 3.28. The number of likely N-dealkylation sites (tertiary alicyclic amines) is 1. The van der Waals surface area contributed by atoms with Crippen molar-refractivity contribution in [2.24, 2.45) is 0 Å². The molecule has 196 valence electrons. The van der Waals surface area contributed by atoms with Gasteiger partial charge in [-0.3, -0.25) is 9.62 Å². The van der Waals surface area contributed by atoms with Crippen molar-refractivity contribution in [2.75, 3.05) is 32.0 Å². The second kappa shape index (κ2) is 9.92. The summed E-state index contributed by atoms with van der Waals surface area (Å²) >= 11 is 0. The van der Waals surface area contributed by atoms with Crippen LogP contribution < -0.4 is 14.2 Å². The SMILES string of the molecule is COc1ccc(C#Cc2ccccc2)cc1S(=O)(=O)Nc1noc2cc(CN3CC(F)(F)C3)nc(OC)c12. The summed E-state index contributed by atoms with van der Waals surface area (Å²) in [5.41, 5.74) is 1.84. The van der Waals surface area contributed by atoms with Crippen LogP contribution in [-0.4, -0.2) is 56.7 Å². The molecule has 1 fully saturated rings. The van der Waals surface area contributed by atoms with Crippen LogP contribution in [0, 0.1) is 11.8 Å². The summed E-state index contributed by atoms with van der Waals surface area (Å²) in [6.07, 6.45) is 0. The molecule has 4 aromatic rings. The molecular formula is C26H22F2N4O5S. The van der Waals surface area contributed by atoms with Gasteiger partial charge < -0.3 is 14.0 Å². The molecule has 1 N–H and O–H groups in total. The Bertz CT molecular complexity index is 1660. The number of fused-ring (bicyclic) bond motifs is 1. The van der Waals surface area contributed by atoms with Gasteiger partial charge >= 0.3 is 0 Å². The van der Waals surface area contributed by atoms with Crippen molar-refractivity contribution in [3.8, 4) is 23.5 Å². The Kier molecular flexibility index (Phi) is 6.64. The molecule has 12 heteroatoms. The number of methoxy groups -OCH3 is 2. The first kappa shape index (κ1) is 25.4. The molecule has 0 bridgehead atoms. The maximum absolute atomic E-state index is 13.4. The zero-order chi connectivity index (χ0) is 26.9. The van der Waals surface area contributed by atoms with Crippen LogP contribution in [0.4, 0.5) is 14.6 Å². The van der Waals surface area contributed by atoms with Crippen LogP contribution >= 0.6 is 0 Å². The molecule has 5 rings (SSSR count). The lowest BCUT2D eigenvalue weighted by atomic mass is 10.1. The van der Waals surface area contributed by atoms with E-state index < -0.39 is 15.9 Å². The zero-order valence-electron chi connectivity index (χ0n) is 20.4. The quantitative estimate of drug-likeness (QED) is 0.352. The number of hydrogen-bond acceptors (Lipinski definition) is 8. The summed E-state index contributed by atoms with van der Waals surface area (Å²) in [6.45, 7) is -0.585. The average molecular weight is 541 g/mol. The van der Waals surface area contributed by atoms with Gasteiger partial charge in [0, 0.05) is 23.7 Å². The molecule has 0 atom stereocenters. The van der Waals surface area contributed by atoms with Gasteiger partial charge in [-0.1, -0.05) is 35.2 Å². The molecule has 2 aromatic heterocycles. The molecule has 0 radical (unpaired) electrons. The van der Waals surface area contributed by atoms with Gasteiger partial charge in [0.1, 0.15) is 16.0 Å². The summed E-state index contributed by atoms with van der Waals surface area (Å²) in [5.74, 6) is 3.24. The number of alkyl halides is 2. The Balaban J connectivity index is 1.45. The molecule has 9 nitrogen and oxygen atoms in total. The number of sulfonamides is 1. The summed E-state index contributed by atoms with van der Waals surface area (Å²) < 4.78 is 71.6. The highest BCUT2D eigenvalue weighted by atomic mass is 32.2. The lowest BCUT2D eigenvalue weighted by molar-refractivity contribution is -0.134. The normalized spacial score (nSPS) is 14.8. The van der Waals surface area contributed by atoms with Crippen LogP contribution in [0.3, 0.4) is 0 Å².